The Morgan fingerprint density at radius 2 is 1.93 bits per heavy atom. The highest BCUT2D eigenvalue weighted by molar-refractivity contribution is 7.10. The summed E-state index contributed by atoms with van der Waals surface area (Å²) in [4.78, 5) is 15.9. The van der Waals surface area contributed by atoms with E-state index in [0.717, 1.165) is 42.9 Å². The third kappa shape index (κ3) is 5.17. The smallest absolute Gasteiger partial charge is 0.251 e. The number of carbonyl (C=O) groups excluding carboxylic acids is 1. The van der Waals surface area contributed by atoms with Crippen molar-refractivity contribution >= 4 is 17.2 Å². The van der Waals surface area contributed by atoms with E-state index in [1.54, 1.807) is 11.3 Å². The summed E-state index contributed by atoms with van der Waals surface area (Å²) in [5.74, 6) is 0.274. The summed E-state index contributed by atoms with van der Waals surface area (Å²) in [5.41, 5.74) is 2.87. The molecule has 146 valence electrons. The molecule has 1 amide bonds. The van der Waals surface area contributed by atoms with Gasteiger partial charge in [-0.25, -0.2) is 0 Å². The molecule has 1 aromatic carbocycles. The predicted octanol–water partition coefficient (Wildman–Crippen LogP) is 2.72. The van der Waals surface area contributed by atoms with Crippen molar-refractivity contribution in [3.05, 3.63) is 57.3 Å². The van der Waals surface area contributed by atoms with Gasteiger partial charge in [-0.05, 0) is 73.5 Å². The summed E-state index contributed by atoms with van der Waals surface area (Å²) in [6.45, 7) is 5.04. The maximum Gasteiger partial charge on any atom is 0.251 e. The fourth-order valence-electron chi connectivity index (χ4n) is 3.52. The molecule has 3 N–H and O–H groups in total. The molecule has 1 aliphatic heterocycles. The minimum Gasteiger partial charge on any atom is -0.396 e. The molecule has 0 aliphatic carbocycles. The topological polar surface area (TPSA) is 72.8 Å². The number of rotatable bonds is 7. The van der Waals surface area contributed by atoms with E-state index in [9.17, 15) is 15.0 Å². The van der Waals surface area contributed by atoms with Crippen molar-refractivity contribution in [3.63, 3.8) is 0 Å². The first-order valence-corrected chi connectivity index (χ1v) is 10.4. The Balaban J connectivity index is 1.56. The Bertz CT molecular complexity index is 736. The van der Waals surface area contributed by atoms with E-state index in [0.29, 0.717) is 11.5 Å². The van der Waals surface area contributed by atoms with Gasteiger partial charge in [0.1, 0.15) is 0 Å². The Labute approximate surface area is 164 Å². The molecule has 1 saturated heterocycles. The first-order chi connectivity index (χ1) is 13.1. The van der Waals surface area contributed by atoms with Crippen molar-refractivity contribution in [2.24, 2.45) is 5.92 Å². The standard InChI is InChI=1S/C21H28N2O3S/c1-15-8-11-27-20(15)19(14-25)22-21(26)18-4-2-16(3-5-18)12-23-9-6-17(13-24)7-10-23/h2-5,8,11,17,19,24-25H,6-7,9-10,12-14H2,1H3,(H,22,26). The molecule has 1 atom stereocenters. The van der Waals surface area contributed by atoms with Crippen LogP contribution in [0.25, 0.3) is 0 Å². The second-order valence-corrected chi connectivity index (χ2v) is 8.22. The van der Waals surface area contributed by atoms with Gasteiger partial charge in [-0.3, -0.25) is 9.69 Å². The number of carbonyl (C=O) groups is 1. The fraction of sp³-hybridized carbons (Fsp3) is 0.476. The van der Waals surface area contributed by atoms with Crippen molar-refractivity contribution in [2.45, 2.75) is 32.4 Å². The highest BCUT2D eigenvalue weighted by atomic mass is 32.1. The minimum atomic E-state index is -0.370. The second kappa shape index (κ2) is 9.46. The zero-order valence-corrected chi connectivity index (χ0v) is 16.5. The van der Waals surface area contributed by atoms with Crippen LogP contribution in [0.1, 0.15) is 45.2 Å². The van der Waals surface area contributed by atoms with Crippen LogP contribution in [0.4, 0.5) is 0 Å². The van der Waals surface area contributed by atoms with Crippen LogP contribution < -0.4 is 5.32 Å². The van der Waals surface area contributed by atoms with Crippen molar-refractivity contribution in [1.29, 1.82) is 0 Å². The number of aliphatic hydroxyl groups is 2. The molecular weight excluding hydrogens is 360 g/mol. The van der Waals surface area contributed by atoms with E-state index in [1.165, 1.54) is 5.56 Å². The van der Waals surface area contributed by atoms with Gasteiger partial charge < -0.3 is 15.5 Å². The zero-order chi connectivity index (χ0) is 19.2. The number of amides is 1. The van der Waals surface area contributed by atoms with E-state index < -0.39 is 0 Å². The number of nitrogens with one attached hydrogen (secondary N) is 1. The summed E-state index contributed by atoms with van der Waals surface area (Å²) in [5, 5.41) is 23.8. The Hall–Kier alpha value is -1.73. The molecule has 1 aliphatic rings. The lowest BCUT2D eigenvalue weighted by Gasteiger charge is -2.31. The molecule has 5 nitrogen and oxygen atoms in total. The largest absolute Gasteiger partial charge is 0.396 e. The first kappa shape index (κ1) is 20.0. The number of likely N-dealkylation sites (tertiary alicyclic amines) is 1. The number of benzene rings is 1. The Morgan fingerprint density at radius 1 is 1.22 bits per heavy atom. The van der Waals surface area contributed by atoms with Gasteiger partial charge in [0.15, 0.2) is 0 Å². The summed E-state index contributed by atoms with van der Waals surface area (Å²) in [6, 6.07) is 9.31. The molecule has 27 heavy (non-hydrogen) atoms. The summed E-state index contributed by atoms with van der Waals surface area (Å²) < 4.78 is 0. The van der Waals surface area contributed by atoms with Gasteiger partial charge >= 0.3 is 0 Å². The van der Waals surface area contributed by atoms with Crippen molar-refractivity contribution in [1.82, 2.24) is 10.2 Å². The molecule has 0 spiro atoms. The van der Waals surface area contributed by atoms with Crippen LogP contribution in [0.15, 0.2) is 35.7 Å². The van der Waals surface area contributed by atoms with Gasteiger partial charge in [-0.2, -0.15) is 0 Å². The van der Waals surface area contributed by atoms with Gasteiger partial charge in [-0.15, -0.1) is 11.3 Å². The van der Waals surface area contributed by atoms with Crippen LogP contribution in [-0.4, -0.2) is 47.3 Å². The molecule has 2 aromatic rings. The second-order valence-electron chi connectivity index (χ2n) is 7.28. The summed E-state index contributed by atoms with van der Waals surface area (Å²) >= 11 is 1.55. The molecule has 2 heterocycles. The van der Waals surface area contributed by atoms with Crippen LogP contribution >= 0.6 is 11.3 Å². The molecule has 1 aromatic heterocycles. The van der Waals surface area contributed by atoms with E-state index >= 15 is 0 Å². The van der Waals surface area contributed by atoms with E-state index in [4.69, 9.17) is 0 Å². The van der Waals surface area contributed by atoms with Gasteiger partial charge in [0, 0.05) is 23.6 Å². The van der Waals surface area contributed by atoms with Crippen LogP contribution in [0.3, 0.4) is 0 Å². The predicted molar refractivity (Wildman–Crippen MR) is 108 cm³/mol. The Kier molecular flexibility index (Phi) is 7.01. The van der Waals surface area contributed by atoms with E-state index in [-0.39, 0.29) is 25.2 Å². The average molecular weight is 389 g/mol. The highest BCUT2D eigenvalue weighted by Crippen LogP contribution is 2.24. The molecular formula is C21H28N2O3S. The number of hydrogen-bond acceptors (Lipinski definition) is 5. The minimum absolute atomic E-state index is 0.116. The highest BCUT2D eigenvalue weighted by Gasteiger charge is 2.20. The lowest BCUT2D eigenvalue weighted by molar-refractivity contribution is 0.0917. The molecule has 0 saturated carbocycles. The summed E-state index contributed by atoms with van der Waals surface area (Å²) in [7, 11) is 0. The first-order valence-electron chi connectivity index (χ1n) is 9.48. The monoisotopic (exact) mass is 388 g/mol. The average Bonchev–Trinajstić information content (AvgIpc) is 3.13. The SMILES string of the molecule is Cc1ccsc1C(CO)NC(=O)c1ccc(CN2CCC(CO)CC2)cc1. The maximum atomic E-state index is 12.5. The van der Waals surface area contributed by atoms with E-state index in [1.807, 2.05) is 42.6 Å². The number of aliphatic hydroxyl groups excluding tert-OH is 2. The number of hydrogen-bond donors (Lipinski definition) is 3. The number of nitrogens with zero attached hydrogens (tertiary/aromatic N) is 1. The molecule has 0 bridgehead atoms. The van der Waals surface area contributed by atoms with Crippen molar-refractivity contribution in [3.8, 4) is 0 Å². The molecule has 0 radical (unpaired) electrons. The van der Waals surface area contributed by atoms with Gasteiger partial charge in [0.05, 0.1) is 12.6 Å². The van der Waals surface area contributed by atoms with Crippen LogP contribution in [0.2, 0.25) is 0 Å². The number of aryl methyl sites for hydroxylation is 1. The Morgan fingerprint density at radius 3 is 2.48 bits per heavy atom. The van der Waals surface area contributed by atoms with E-state index in [2.05, 4.69) is 10.2 Å². The normalized spacial score (nSPS) is 17.0. The molecule has 1 unspecified atom stereocenters. The zero-order valence-electron chi connectivity index (χ0n) is 15.7. The lowest BCUT2D eigenvalue weighted by atomic mass is 9.97. The third-order valence-electron chi connectivity index (χ3n) is 5.29. The van der Waals surface area contributed by atoms with Gasteiger partial charge in [-0.1, -0.05) is 12.1 Å². The summed E-state index contributed by atoms with van der Waals surface area (Å²) in [6.07, 6.45) is 2.09. The number of thiophene rings is 1. The molecule has 1 fully saturated rings. The van der Waals surface area contributed by atoms with Crippen molar-refractivity contribution in [2.75, 3.05) is 26.3 Å². The van der Waals surface area contributed by atoms with Crippen LogP contribution in [0, 0.1) is 12.8 Å². The lowest BCUT2D eigenvalue weighted by Crippen LogP contribution is -2.34. The van der Waals surface area contributed by atoms with Crippen LogP contribution in [-0.2, 0) is 6.54 Å². The third-order valence-corrected chi connectivity index (χ3v) is 6.43. The quantitative estimate of drug-likeness (QED) is 0.682. The number of piperidine rings is 1. The van der Waals surface area contributed by atoms with Gasteiger partial charge in [0.25, 0.3) is 5.91 Å². The molecule has 6 heteroatoms. The molecule has 3 rings (SSSR count). The van der Waals surface area contributed by atoms with Gasteiger partial charge in [0.2, 0.25) is 0 Å². The fourth-order valence-corrected chi connectivity index (χ4v) is 4.49. The maximum absolute atomic E-state index is 12.5. The van der Waals surface area contributed by atoms with Crippen molar-refractivity contribution < 1.29 is 15.0 Å². The van der Waals surface area contributed by atoms with Crippen LogP contribution in [0.5, 0.6) is 0 Å².